The fraction of sp³-hybridized carbons (Fsp3) is 1.00. The molecule has 1 N–H and O–H groups in total. The summed E-state index contributed by atoms with van der Waals surface area (Å²) < 4.78 is 52.1. The predicted molar refractivity (Wildman–Crippen MR) is 60.8 cm³/mol. The molecule has 1 heterocycles. The first-order valence-electron chi connectivity index (χ1n) is 4.56. The van der Waals surface area contributed by atoms with Crippen LogP contribution in [0.3, 0.4) is 0 Å². The van der Waals surface area contributed by atoms with E-state index in [9.17, 15) is 16.8 Å². The number of sulfone groups is 1. The molecule has 1 rings (SSSR count). The summed E-state index contributed by atoms with van der Waals surface area (Å²) in [5.41, 5.74) is 0. The third-order valence-corrected chi connectivity index (χ3v) is 4.46. The summed E-state index contributed by atoms with van der Waals surface area (Å²) in [4.78, 5) is 1.57. The highest BCUT2D eigenvalue weighted by molar-refractivity contribution is 7.90. The molecule has 1 saturated heterocycles. The first-order chi connectivity index (χ1) is 7.07. The molecule has 0 bridgehead atoms. The van der Waals surface area contributed by atoms with Crippen LogP contribution in [0.4, 0.5) is 0 Å². The normalized spacial score (nSPS) is 28.4. The molecular weight excluding hydrogens is 278 g/mol. The van der Waals surface area contributed by atoms with Crippen LogP contribution in [0.1, 0.15) is 0 Å². The van der Waals surface area contributed by atoms with Gasteiger partial charge in [0, 0.05) is 25.3 Å². The Morgan fingerprint density at radius 3 is 2.31 bits per heavy atom. The predicted octanol–water partition coefficient (Wildman–Crippen LogP) is -0.584. The first-order valence-corrected chi connectivity index (χ1v) is 8.67. The number of nitrogens with zero attached hydrogens (tertiary/aromatic N) is 1. The van der Waals surface area contributed by atoms with Crippen LogP contribution in [-0.2, 0) is 20.0 Å². The van der Waals surface area contributed by atoms with Crippen LogP contribution in [0.15, 0.2) is 0 Å². The Morgan fingerprint density at radius 1 is 1.31 bits per heavy atom. The fourth-order valence-corrected chi connectivity index (χ4v) is 4.00. The topological polar surface area (TPSA) is 91.8 Å². The van der Waals surface area contributed by atoms with E-state index in [1.165, 1.54) is 0 Å². The van der Waals surface area contributed by atoms with Crippen molar-refractivity contribution in [1.82, 2.24) is 4.90 Å². The fourth-order valence-electron chi connectivity index (χ4n) is 1.78. The van der Waals surface area contributed by atoms with Crippen molar-refractivity contribution in [2.45, 2.75) is 5.38 Å². The van der Waals surface area contributed by atoms with E-state index in [4.69, 9.17) is 16.2 Å². The molecule has 0 aromatic rings. The van der Waals surface area contributed by atoms with Gasteiger partial charge in [-0.3, -0.25) is 9.45 Å². The summed E-state index contributed by atoms with van der Waals surface area (Å²) in [6.45, 7) is 0.579. The maximum absolute atomic E-state index is 11.0. The highest BCUT2D eigenvalue weighted by Gasteiger charge is 2.35. The van der Waals surface area contributed by atoms with Crippen molar-refractivity contribution in [3.05, 3.63) is 0 Å². The zero-order valence-corrected chi connectivity index (χ0v) is 11.1. The van der Waals surface area contributed by atoms with E-state index in [-0.39, 0.29) is 12.4 Å². The molecular formula is C7H14ClNO5S2. The summed E-state index contributed by atoms with van der Waals surface area (Å²) in [6.07, 6.45) is 1.10. The molecule has 16 heavy (non-hydrogen) atoms. The molecule has 0 aromatic carbocycles. The smallest absolute Gasteiger partial charge is 0.265 e. The number of alkyl halides is 1. The number of halogens is 1. The largest absolute Gasteiger partial charge is 0.288 e. The Morgan fingerprint density at radius 2 is 1.88 bits per heavy atom. The third kappa shape index (κ3) is 4.96. The van der Waals surface area contributed by atoms with Crippen molar-refractivity contribution in [2.75, 3.05) is 31.0 Å². The van der Waals surface area contributed by atoms with Crippen LogP contribution in [0, 0.1) is 5.92 Å². The number of hydrogen-bond acceptors (Lipinski definition) is 5. The Hall–Kier alpha value is 0.110. The number of likely N-dealkylation sites (tertiary alicyclic amines) is 1. The zero-order chi connectivity index (χ0) is 12.6. The van der Waals surface area contributed by atoms with Gasteiger partial charge < -0.3 is 0 Å². The van der Waals surface area contributed by atoms with E-state index in [0.717, 1.165) is 6.26 Å². The molecule has 0 amide bonds. The van der Waals surface area contributed by atoms with Crippen LogP contribution >= 0.6 is 11.6 Å². The average Bonchev–Trinajstić information content (AvgIpc) is 2.23. The molecule has 0 saturated carbocycles. The second-order valence-corrected chi connectivity index (χ2v) is 8.28. The molecule has 0 aliphatic carbocycles. The first kappa shape index (κ1) is 14.2. The molecule has 1 aliphatic heterocycles. The van der Waals surface area contributed by atoms with Crippen LogP contribution in [0.25, 0.3) is 0 Å². The van der Waals surface area contributed by atoms with Gasteiger partial charge in [0.2, 0.25) is 0 Å². The molecule has 1 fully saturated rings. The Labute approximate surface area is 100 Å². The highest BCUT2D eigenvalue weighted by Crippen LogP contribution is 2.23. The lowest BCUT2D eigenvalue weighted by molar-refractivity contribution is 0.373. The Balaban J connectivity index is 2.61. The SMILES string of the molecule is CS(=O)(=O)CN1CC(Cl)C(CS(=O)(=O)O)C1. The van der Waals surface area contributed by atoms with E-state index < -0.39 is 37.0 Å². The monoisotopic (exact) mass is 291 g/mol. The van der Waals surface area contributed by atoms with Gasteiger partial charge in [-0.05, 0) is 0 Å². The van der Waals surface area contributed by atoms with Crippen molar-refractivity contribution in [2.24, 2.45) is 5.92 Å². The van der Waals surface area contributed by atoms with Crippen LogP contribution in [0.5, 0.6) is 0 Å². The van der Waals surface area contributed by atoms with Gasteiger partial charge in [0.1, 0.15) is 5.88 Å². The van der Waals surface area contributed by atoms with Crippen LogP contribution < -0.4 is 0 Å². The van der Waals surface area contributed by atoms with E-state index in [2.05, 4.69) is 0 Å². The lowest BCUT2D eigenvalue weighted by atomic mass is 10.1. The molecule has 2 unspecified atom stereocenters. The summed E-state index contributed by atoms with van der Waals surface area (Å²) >= 11 is 5.90. The minimum Gasteiger partial charge on any atom is -0.288 e. The molecule has 1 aliphatic rings. The van der Waals surface area contributed by atoms with Crippen molar-refractivity contribution >= 4 is 31.6 Å². The summed E-state index contributed by atoms with van der Waals surface area (Å²) in [5, 5.41) is -0.455. The van der Waals surface area contributed by atoms with Gasteiger partial charge in [-0.1, -0.05) is 0 Å². The second kappa shape index (κ2) is 4.77. The van der Waals surface area contributed by atoms with Gasteiger partial charge in [-0.25, -0.2) is 8.42 Å². The molecule has 6 nitrogen and oxygen atoms in total. The van der Waals surface area contributed by atoms with Gasteiger partial charge in [-0.15, -0.1) is 11.6 Å². The molecule has 0 radical (unpaired) electrons. The number of hydrogen-bond donors (Lipinski definition) is 1. The van der Waals surface area contributed by atoms with Gasteiger partial charge in [0.05, 0.1) is 11.1 Å². The van der Waals surface area contributed by atoms with Crippen LogP contribution in [-0.4, -0.2) is 62.6 Å². The lowest BCUT2D eigenvalue weighted by Gasteiger charge is -2.13. The lowest BCUT2D eigenvalue weighted by Crippen LogP contribution is -2.28. The summed E-state index contributed by atoms with van der Waals surface area (Å²) in [6, 6.07) is 0. The summed E-state index contributed by atoms with van der Waals surface area (Å²) in [7, 11) is -7.21. The van der Waals surface area contributed by atoms with Crippen molar-refractivity contribution in [1.29, 1.82) is 0 Å². The second-order valence-electron chi connectivity index (χ2n) is 4.12. The minimum atomic E-state index is -4.07. The van der Waals surface area contributed by atoms with Crippen molar-refractivity contribution in [3.63, 3.8) is 0 Å². The average molecular weight is 292 g/mol. The molecule has 0 spiro atoms. The quantitative estimate of drug-likeness (QED) is 0.550. The van der Waals surface area contributed by atoms with Gasteiger partial charge in [-0.2, -0.15) is 8.42 Å². The van der Waals surface area contributed by atoms with E-state index in [1.54, 1.807) is 4.90 Å². The van der Waals surface area contributed by atoms with E-state index in [1.807, 2.05) is 0 Å². The third-order valence-electron chi connectivity index (χ3n) is 2.28. The van der Waals surface area contributed by atoms with Gasteiger partial charge in [0.15, 0.2) is 9.84 Å². The molecule has 9 heteroatoms. The molecule has 2 atom stereocenters. The van der Waals surface area contributed by atoms with Gasteiger partial charge in [0.25, 0.3) is 10.1 Å². The molecule has 0 aromatic heterocycles. The van der Waals surface area contributed by atoms with E-state index >= 15 is 0 Å². The van der Waals surface area contributed by atoms with Crippen molar-refractivity contribution in [3.8, 4) is 0 Å². The van der Waals surface area contributed by atoms with Crippen molar-refractivity contribution < 1.29 is 21.4 Å². The summed E-state index contributed by atoms with van der Waals surface area (Å²) in [5.74, 6) is -1.00. The van der Waals surface area contributed by atoms with E-state index in [0.29, 0.717) is 6.54 Å². The highest BCUT2D eigenvalue weighted by atomic mass is 35.5. The van der Waals surface area contributed by atoms with Gasteiger partial charge >= 0.3 is 0 Å². The molecule has 96 valence electrons. The number of rotatable bonds is 4. The zero-order valence-electron chi connectivity index (χ0n) is 8.71. The maximum atomic E-state index is 11.0. The maximum Gasteiger partial charge on any atom is 0.265 e. The minimum absolute atomic E-state index is 0.141. The standard InChI is InChI=1S/C7H14ClNO5S2/c1-15(10,11)5-9-2-6(7(8)3-9)4-16(12,13)14/h6-7H,2-5H2,1H3,(H,12,13,14). The van der Waals surface area contributed by atoms with Crippen LogP contribution in [0.2, 0.25) is 0 Å². The Bertz CT molecular complexity index is 445. The Kier molecular flexibility index (Phi) is 4.23.